The lowest BCUT2D eigenvalue weighted by molar-refractivity contribution is 1.17. The maximum Gasteiger partial charge on any atom is 0.160 e. The van der Waals surface area contributed by atoms with Crippen molar-refractivity contribution in [3.8, 4) is 56.4 Å². The number of hydrogen-bond donors (Lipinski definition) is 0. The summed E-state index contributed by atoms with van der Waals surface area (Å²) in [6.07, 6.45) is 0. The first kappa shape index (κ1) is 31.9. The van der Waals surface area contributed by atoms with Gasteiger partial charge in [0.25, 0.3) is 0 Å². The molecule has 0 atom stereocenters. The molecule has 0 spiro atoms. The Kier molecular flexibility index (Phi) is 7.46. The summed E-state index contributed by atoms with van der Waals surface area (Å²) in [5, 5.41) is 4.95. The Morgan fingerprint density at radius 1 is 0.268 bits per heavy atom. The van der Waals surface area contributed by atoms with E-state index in [0.717, 1.165) is 39.5 Å². The van der Waals surface area contributed by atoms with Gasteiger partial charge in [-0.15, -0.1) is 0 Å². The van der Waals surface area contributed by atoms with E-state index in [1.807, 2.05) is 36.4 Å². The highest BCUT2D eigenvalue weighted by Gasteiger charge is 2.17. The van der Waals surface area contributed by atoms with Gasteiger partial charge in [-0.05, 0) is 71.8 Å². The average Bonchev–Trinajstić information content (AvgIpc) is 3.79. The summed E-state index contributed by atoms with van der Waals surface area (Å²) in [7, 11) is 0. The van der Waals surface area contributed by atoms with E-state index in [4.69, 9.17) is 9.97 Å². The Labute approximate surface area is 324 Å². The molecule has 0 radical (unpaired) electrons. The summed E-state index contributed by atoms with van der Waals surface area (Å²) in [5.41, 5.74) is 14.3. The van der Waals surface area contributed by atoms with Crippen LogP contribution in [-0.4, -0.2) is 19.1 Å². The largest absolute Gasteiger partial charge is 0.309 e. The van der Waals surface area contributed by atoms with Gasteiger partial charge in [0, 0.05) is 49.6 Å². The number of aromatic nitrogens is 4. The van der Waals surface area contributed by atoms with Crippen LogP contribution in [-0.2, 0) is 0 Å². The molecule has 3 heterocycles. The minimum Gasteiger partial charge on any atom is -0.309 e. The summed E-state index contributed by atoms with van der Waals surface area (Å²) in [6, 6.07) is 73.3. The molecule has 4 heteroatoms. The first-order valence-electron chi connectivity index (χ1n) is 19.0. The second kappa shape index (κ2) is 13.1. The van der Waals surface area contributed by atoms with E-state index in [9.17, 15) is 0 Å². The molecule has 0 amide bonds. The van der Waals surface area contributed by atoms with E-state index >= 15 is 0 Å². The van der Waals surface area contributed by atoms with Crippen LogP contribution in [0, 0.1) is 0 Å². The van der Waals surface area contributed by atoms with Gasteiger partial charge in [0.2, 0.25) is 0 Å². The number of para-hydroxylation sites is 3. The molecule has 3 aromatic heterocycles. The SMILES string of the molecule is c1ccc(-c2cc(-c3ccc(-n4c5ccccc5c5ccc(-c6ccc7c(c6)c6ccccc6n7-c6ccccc6)cc54)cc3)nc(-c3ccccc3)n2)cc1. The first-order chi connectivity index (χ1) is 27.8. The van der Waals surface area contributed by atoms with Crippen molar-refractivity contribution >= 4 is 43.6 Å². The highest BCUT2D eigenvalue weighted by molar-refractivity contribution is 6.12. The van der Waals surface area contributed by atoms with E-state index in [2.05, 4.69) is 179 Å². The highest BCUT2D eigenvalue weighted by atomic mass is 15.0. The van der Waals surface area contributed by atoms with Crippen molar-refractivity contribution < 1.29 is 0 Å². The highest BCUT2D eigenvalue weighted by Crippen LogP contribution is 2.38. The van der Waals surface area contributed by atoms with Gasteiger partial charge in [-0.3, -0.25) is 0 Å². The van der Waals surface area contributed by atoms with E-state index < -0.39 is 0 Å². The molecule has 4 nitrogen and oxygen atoms in total. The van der Waals surface area contributed by atoms with Crippen LogP contribution in [0.15, 0.2) is 206 Å². The van der Waals surface area contributed by atoms with Gasteiger partial charge in [0.05, 0.1) is 33.5 Å². The van der Waals surface area contributed by atoms with Gasteiger partial charge in [-0.25, -0.2) is 9.97 Å². The lowest BCUT2D eigenvalue weighted by Gasteiger charge is -2.12. The standard InChI is InChI=1S/C52H34N4/c1-4-14-35(15-5-1)46-34-47(54-52(53-46)37-16-6-2-7-17-37)36-24-28-41(29-25-36)56-48-22-12-10-20-42(48)44-30-26-39(33-51(44)56)38-27-31-50-45(32-38)43-21-11-13-23-49(43)55(50)40-18-8-3-9-19-40/h1-34H. The number of hydrogen-bond acceptors (Lipinski definition) is 2. The minimum atomic E-state index is 0.712. The summed E-state index contributed by atoms with van der Waals surface area (Å²) in [4.78, 5) is 10.1. The molecule has 0 aliphatic heterocycles. The predicted octanol–water partition coefficient (Wildman–Crippen LogP) is 13.3. The zero-order valence-electron chi connectivity index (χ0n) is 30.4. The molecular weight excluding hydrogens is 681 g/mol. The fourth-order valence-corrected chi connectivity index (χ4v) is 8.29. The molecule has 0 N–H and O–H groups in total. The van der Waals surface area contributed by atoms with E-state index in [0.29, 0.717) is 5.82 Å². The molecule has 8 aromatic carbocycles. The van der Waals surface area contributed by atoms with Gasteiger partial charge in [-0.1, -0.05) is 146 Å². The van der Waals surface area contributed by atoms with Crippen LogP contribution >= 0.6 is 0 Å². The average molecular weight is 715 g/mol. The molecule has 262 valence electrons. The summed E-state index contributed by atoms with van der Waals surface area (Å²) in [5.74, 6) is 0.712. The molecule has 11 aromatic rings. The summed E-state index contributed by atoms with van der Waals surface area (Å²) >= 11 is 0. The number of nitrogens with zero attached hydrogens (tertiary/aromatic N) is 4. The zero-order valence-corrected chi connectivity index (χ0v) is 30.4. The third-order valence-electron chi connectivity index (χ3n) is 10.9. The topological polar surface area (TPSA) is 35.6 Å². The van der Waals surface area contributed by atoms with Crippen LogP contribution in [0.3, 0.4) is 0 Å². The molecular formula is C52H34N4. The Hall–Kier alpha value is -7.56. The van der Waals surface area contributed by atoms with Crippen molar-refractivity contribution in [2.24, 2.45) is 0 Å². The Bertz CT molecular complexity index is 3160. The van der Waals surface area contributed by atoms with Gasteiger partial charge in [0.1, 0.15) is 0 Å². The van der Waals surface area contributed by atoms with E-state index in [-0.39, 0.29) is 0 Å². The molecule has 0 unspecified atom stereocenters. The molecule has 0 saturated heterocycles. The zero-order chi connectivity index (χ0) is 37.0. The minimum absolute atomic E-state index is 0.712. The van der Waals surface area contributed by atoms with Crippen LogP contribution in [0.5, 0.6) is 0 Å². The first-order valence-corrected chi connectivity index (χ1v) is 19.0. The van der Waals surface area contributed by atoms with Crippen molar-refractivity contribution in [3.63, 3.8) is 0 Å². The Balaban J connectivity index is 1.03. The van der Waals surface area contributed by atoms with Gasteiger partial charge < -0.3 is 9.13 Å². The van der Waals surface area contributed by atoms with E-state index in [1.54, 1.807) is 0 Å². The van der Waals surface area contributed by atoms with Crippen LogP contribution in [0.4, 0.5) is 0 Å². The lowest BCUT2D eigenvalue weighted by Crippen LogP contribution is -1.97. The maximum absolute atomic E-state index is 5.08. The molecule has 0 fully saturated rings. The van der Waals surface area contributed by atoms with E-state index in [1.165, 1.54) is 54.7 Å². The normalized spacial score (nSPS) is 11.6. The fourth-order valence-electron chi connectivity index (χ4n) is 8.29. The van der Waals surface area contributed by atoms with Crippen molar-refractivity contribution in [2.75, 3.05) is 0 Å². The fraction of sp³-hybridized carbons (Fsp3) is 0. The summed E-state index contributed by atoms with van der Waals surface area (Å²) < 4.78 is 4.76. The second-order valence-electron chi connectivity index (χ2n) is 14.2. The quantitative estimate of drug-likeness (QED) is 0.172. The third kappa shape index (κ3) is 5.31. The molecule has 0 aliphatic carbocycles. The van der Waals surface area contributed by atoms with Gasteiger partial charge >= 0.3 is 0 Å². The molecule has 11 rings (SSSR count). The van der Waals surface area contributed by atoms with Gasteiger partial charge in [-0.2, -0.15) is 0 Å². The number of fused-ring (bicyclic) bond motifs is 6. The van der Waals surface area contributed by atoms with Crippen molar-refractivity contribution in [1.82, 2.24) is 19.1 Å². The van der Waals surface area contributed by atoms with Crippen molar-refractivity contribution in [3.05, 3.63) is 206 Å². The summed E-state index contributed by atoms with van der Waals surface area (Å²) in [6.45, 7) is 0. The van der Waals surface area contributed by atoms with Crippen LogP contribution in [0.2, 0.25) is 0 Å². The van der Waals surface area contributed by atoms with Gasteiger partial charge in [0.15, 0.2) is 5.82 Å². The van der Waals surface area contributed by atoms with Crippen molar-refractivity contribution in [2.45, 2.75) is 0 Å². The number of rotatable bonds is 6. The monoisotopic (exact) mass is 714 g/mol. The molecule has 0 saturated carbocycles. The Morgan fingerprint density at radius 2 is 0.714 bits per heavy atom. The third-order valence-corrected chi connectivity index (χ3v) is 10.9. The second-order valence-corrected chi connectivity index (χ2v) is 14.2. The lowest BCUT2D eigenvalue weighted by atomic mass is 10.0. The molecule has 0 bridgehead atoms. The number of benzene rings is 8. The van der Waals surface area contributed by atoms with Crippen LogP contribution < -0.4 is 0 Å². The Morgan fingerprint density at radius 3 is 1.39 bits per heavy atom. The smallest absolute Gasteiger partial charge is 0.160 e. The molecule has 0 aliphatic rings. The predicted molar refractivity (Wildman–Crippen MR) is 232 cm³/mol. The maximum atomic E-state index is 5.08. The van der Waals surface area contributed by atoms with Crippen LogP contribution in [0.25, 0.3) is 100 Å². The van der Waals surface area contributed by atoms with Crippen LogP contribution in [0.1, 0.15) is 0 Å². The van der Waals surface area contributed by atoms with Crippen molar-refractivity contribution in [1.29, 1.82) is 0 Å². The molecule has 56 heavy (non-hydrogen) atoms.